The van der Waals surface area contributed by atoms with E-state index in [0.717, 1.165) is 17.9 Å². The molecule has 76 valence electrons. The largest absolute Gasteiger partial charge is 0.331 e. The predicted octanol–water partition coefficient (Wildman–Crippen LogP) is -1.23. The molecule has 14 heavy (non-hydrogen) atoms. The molecule has 1 N–H and O–H groups in total. The Kier molecular flexibility index (Phi) is 1.99. The summed E-state index contributed by atoms with van der Waals surface area (Å²) in [6, 6.07) is -0.737. The number of hydrogen-bond donors (Lipinski definition) is 1. The summed E-state index contributed by atoms with van der Waals surface area (Å²) < 4.78 is 0. The van der Waals surface area contributed by atoms with Crippen molar-refractivity contribution < 1.29 is 14.4 Å². The van der Waals surface area contributed by atoms with Gasteiger partial charge in [0.1, 0.15) is 0 Å². The van der Waals surface area contributed by atoms with Crippen LogP contribution in [0.4, 0.5) is 4.79 Å². The fourth-order valence-corrected chi connectivity index (χ4v) is 1.87. The van der Waals surface area contributed by atoms with Crippen molar-refractivity contribution in [1.29, 1.82) is 0 Å². The zero-order valence-electron chi connectivity index (χ0n) is 7.82. The average molecular weight is 197 g/mol. The number of likely N-dealkylation sites (tertiary alicyclic amines) is 1. The van der Waals surface area contributed by atoms with Crippen LogP contribution in [0.1, 0.15) is 6.42 Å². The van der Waals surface area contributed by atoms with E-state index in [1.165, 1.54) is 0 Å². The van der Waals surface area contributed by atoms with E-state index < -0.39 is 17.8 Å². The van der Waals surface area contributed by atoms with E-state index in [0.29, 0.717) is 6.54 Å². The van der Waals surface area contributed by atoms with Crippen molar-refractivity contribution >= 4 is 17.8 Å². The number of urea groups is 1. The third-order valence-electron chi connectivity index (χ3n) is 2.58. The van der Waals surface area contributed by atoms with Gasteiger partial charge in [0.05, 0.1) is 6.04 Å². The maximum absolute atomic E-state index is 11.3. The molecule has 0 saturated carbocycles. The minimum Gasteiger partial charge on any atom is -0.304 e. The Morgan fingerprint density at radius 1 is 1.36 bits per heavy atom. The molecule has 1 atom stereocenters. The van der Waals surface area contributed by atoms with Crippen LogP contribution in [0.2, 0.25) is 0 Å². The van der Waals surface area contributed by atoms with E-state index in [-0.39, 0.29) is 6.04 Å². The number of carbonyl (C=O) groups is 3. The number of rotatable bonds is 1. The Hall–Kier alpha value is -1.43. The lowest BCUT2D eigenvalue weighted by Gasteiger charge is -2.19. The normalized spacial score (nSPS) is 28.8. The molecule has 0 aromatic rings. The summed E-state index contributed by atoms with van der Waals surface area (Å²) >= 11 is 0. The highest BCUT2D eigenvalue weighted by Crippen LogP contribution is 2.16. The summed E-state index contributed by atoms with van der Waals surface area (Å²) in [5, 5.41) is 1.99. The van der Waals surface area contributed by atoms with Crippen molar-refractivity contribution in [3.63, 3.8) is 0 Å². The Bertz CT molecular complexity index is 315. The van der Waals surface area contributed by atoms with Crippen LogP contribution in [-0.4, -0.2) is 53.8 Å². The number of likely N-dealkylation sites (N-methyl/N-ethyl adjacent to an activating group) is 1. The molecule has 2 rings (SSSR count). The highest BCUT2D eigenvalue weighted by atomic mass is 16.2. The quantitative estimate of drug-likeness (QED) is 0.422. The van der Waals surface area contributed by atoms with Crippen molar-refractivity contribution in [2.24, 2.45) is 0 Å². The summed E-state index contributed by atoms with van der Waals surface area (Å²) in [6.45, 7) is 1.49. The SMILES string of the molecule is CN1CCC(N2C(=O)NC(=O)C2=O)C1. The minimum atomic E-state index is -0.815. The lowest BCUT2D eigenvalue weighted by molar-refractivity contribution is -0.140. The monoisotopic (exact) mass is 197 g/mol. The molecule has 6 heteroatoms. The molecule has 6 nitrogen and oxygen atoms in total. The first-order chi connectivity index (χ1) is 6.59. The van der Waals surface area contributed by atoms with E-state index in [1.807, 2.05) is 17.3 Å². The molecular formula is C8H11N3O3. The number of amides is 4. The average Bonchev–Trinajstić information content (AvgIpc) is 2.60. The van der Waals surface area contributed by atoms with Gasteiger partial charge in [-0.1, -0.05) is 0 Å². The summed E-state index contributed by atoms with van der Waals surface area (Å²) in [5.41, 5.74) is 0. The molecule has 0 spiro atoms. The lowest BCUT2D eigenvalue weighted by Crippen LogP contribution is -2.42. The van der Waals surface area contributed by atoms with Crippen molar-refractivity contribution in [3.05, 3.63) is 0 Å². The Morgan fingerprint density at radius 3 is 2.50 bits per heavy atom. The number of carbonyl (C=O) groups excluding carboxylic acids is 3. The van der Waals surface area contributed by atoms with Crippen LogP contribution in [-0.2, 0) is 9.59 Å². The number of nitrogens with zero attached hydrogens (tertiary/aromatic N) is 2. The first-order valence-corrected chi connectivity index (χ1v) is 4.46. The topological polar surface area (TPSA) is 69.7 Å². The second kappa shape index (κ2) is 3.06. The van der Waals surface area contributed by atoms with Gasteiger partial charge in [0.2, 0.25) is 0 Å². The molecule has 2 aliphatic heterocycles. The summed E-state index contributed by atoms with van der Waals surface area (Å²) in [4.78, 5) is 36.5. The molecule has 0 radical (unpaired) electrons. The van der Waals surface area contributed by atoms with Crippen LogP contribution in [0.3, 0.4) is 0 Å². The van der Waals surface area contributed by atoms with Crippen molar-refractivity contribution in [2.45, 2.75) is 12.5 Å². The van der Waals surface area contributed by atoms with Gasteiger partial charge in [-0.15, -0.1) is 0 Å². The van der Waals surface area contributed by atoms with Crippen LogP contribution in [0.5, 0.6) is 0 Å². The minimum absolute atomic E-state index is 0.154. The van der Waals surface area contributed by atoms with Gasteiger partial charge in [-0.2, -0.15) is 0 Å². The fourth-order valence-electron chi connectivity index (χ4n) is 1.87. The molecule has 1 unspecified atom stereocenters. The molecule has 0 bridgehead atoms. The third-order valence-corrected chi connectivity index (χ3v) is 2.58. The molecule has 0 aromatic heterocycles. The van der Waals surface area contributed by atoms with Gasteiger partial charge in [0.15, 0.2) is 0 Å². The van der Waals surface area contributed by atoms with Gasteiger partial charge >= 0.3 is 17.8 Å². The summed E-state index contributed by atoms with van der Waals surface area (Å²) in [5.74, 6) is -1.54. The molecule has 2 saturated heterocycles. The first-order valence-electron chi connectivity index (χ1n) is 4.46. The Labute approximate surface area is 80.8 Å². The fraction of sp³-hybridized carbons (Fsp3) is 0.625. The van der Waals surface area contributed by atoms with Crippen LogP contribution < -0.4 is 5.32 Å². The standard InChI is InChI=1S/C8H11N3O3/c1-10-3-2-5(4-10)11-7(13)6(12)9-8(11)14/h5H,2-4H2,1H3,(H,9,12,14). The first kappa shape index (κ1) is 9.14. The second-order valence-electron chi connectivity index (χ2n) is 3.64. The molecule has 2 fully saturated rings. The van der Waals surface area contributed by atoms with Gasteiger partial charge in [0.25, 0.3) is 0 Å². The van der Waals surface area contributed by atoms with Gasteiger partial charge in [-0.25, -0.2) is 4.79 Å². The second-order valence-corrected chi connectivity index (χ2v) is 3.64. The van der Waals surface area contributed by atoms with E-state index in [4.69, 9.17) is 0 Å². The van der Waals surface area contributed by atoms with Gasteiger partial charge in [0, 0.05) is 6.54 Å². The maximum Gasteiger partial charge on any atom is 0.331 e. The zero-order valence-corrected chi connectivity index (χ0v) is 7.82. The molecule has 0 aliphatic carbocycles. The van der Waals surface area contributed by atoms with E-state index in [2.05, 4.69) is 0 Å². The van der Waals surface area contributed by atoms with Crippen LogP contribution in [0.25, 0.3) is 0 Å². The summed E-state index contributed by atoms with van der Waals surface area (Å²) in [7, 11) is 1.92. The van der Waals surface area contributed by atoms with Crippen molar-refractivity contribution in [3.8, 4) is 0 Å². The third kappa shape index (κ3) is 1.27. The van der Waals surface area contributed by atoms with Crippen LogP contribution in [0, 0.1) is 0 Å². The highest BCUT2D eigenvalue weighted by molar-refractivity contribution is 6.44. The smallest absolute Gasteiger partial charge is 0.304 e. The number of imide groups is 2. The van der Waals surface area contributed by atoms with Crippen molar-refractivity contribution in [1.82, 2.24) is 15.1 Å². The van der Waals surface area contributed by atoms with Gasteiger partial charge in [-0.05, 0) is 20.0 Å². The molecule has 4 amide bonds. The Morgan fingerprint density at radius 2 is 2.07 bits per heavy atom. The maximum atomic E-state index is 11.3. The van der Waals surface area contributed by atoms with Crippen molar-refractivity contribution in [2.75, 3.05) is 20.1 Å². The van der Waals surface area contributed by atoms with Gasteiger partial charge < -0.3 is 4.90 Å². The molecule has 2 aliphatic rings. The zero-order chi connectivity index (χ0) is 10.3. The van der Waals surface area contributed by atoms with E-state index in [9.17, 15) is 14.4 Å². The highest BCUT2D eigenvalue weighted by Gasteiger charge is 2.42. The number of nitrogens with one attached hydrogen (secondary N) is 1. The molecule has 2 heterocycles. The summed E-state index contributed by atoms with van der Waals surface area (Å²) in [6.07, 6.45) is 0.739. The van der Waals surface area contributed by atoms with Crippen LogP contribution >= 0.6 is 0 Å². The van der Waals surface area contributed by atoms with E-state index >= 15 is 0 Å². The van der Waals surface area contributed by atoms with E-state index in [1.54, 1.807) is 0 Å². The molecular weight excluding hydrogens is 186 g/mol. The number of hydrogen-bond acceptors (Lipinski definition) is 4. The van der Waals surface area contributed by atoms with Crippen LogP contribution in [0.15, 0.2) is 0 Å². The Balaban J connectivity index is 2.14. The lowest BCUT2D eigenvalue weighted by atomic mass is 10.2. The molecule has 0 aromatic carbocycles. The predicted molar refractivity (Wildman–Crippen MR) is 46.3 cm³/mol. The van der Waals surface area contributed by atoms with Gasteiger partial charge in [-0.3, -0.25) is 19.8 Å².